The zero-order chi connectivity index (χ0) is 13.9. The number of ether oxygens (including phenoxy) is 1. The first-order valence-electron chi connectivity index (χ1n) is 6.92. The lowest BCUT2D eigenvalue weighted by atomic mass is 9.76. The highest BCUT2D eigenvalue weighted by Gasteiger charge is 2.28. The third-order valence-electron chi connectivity index (χ3n) is 3.87. The molecule has 1 saturated carbocycles. The topological polar surface area (TPSA) is 26.3 Å². The summed E-state index contributed by atoms with van der Waals surface area (Å²) in [4.78, 5) is 12.8. The van der Waals surface area contributed by atoms with Crippen molar-refractivity contribution in [3.8, 4) is 0 Å². The minimum absolute atomic E-state index is 0.114. The van der Waals surface area contributed by atoms with E-state index < -0.39 is 0 Å². The zero-order valence-corrected chi connectivity index (χ0v) is 12.6. The van der Waals surface area contributed by atoms with Crippen molar-refractivity contribution >= 4 is 18.6 Å². The lowest BCUT2D eigenvalue weighted by Crippen LogP contribution is -2.28. The van der Waals surface area contributed by atoms with Crippen LogP contribution in [0.1, 0.15) is 45.1 Å². The lowest BCUT2D eigenvalue weighted by Gasteiger charge is -2.33. The molecule has 0 saturated heterocycles. The summed E-state index contributed by atoms with van der Waals surface area (Å²) in [5.41, 5.74) is 1.39. The van der Waals surface area contributed by atoms with E-state index in [9.17, 15) is 4.79 Å². The van der Waals surface area contributed by atoms with Gasteiger partial charge in [0.1, 0.15) is 6.10 Å². The van der Waals surface area contributed by atoms with E-state index in [2.05, 4.69) is 26.5 Å². The summed E-state index contributed by atoms with van der Waals surface area (Å²) >= 11 is 4.23. The predicted octanol–water partition coefficient (Wildman–Crippen LogP) is 4.03. The van der Waals surface area contributed by atoms with Gasteiger partial charge in [0.25, 0.3) is 0 Å². The van der Waals surface area contributed by atoms with Crippen LogP contribution in [0.4, 0.5) is 0 Å². The first-order chi connectivity index (χ1) is 8.94. The second-order valence-electron chi connectivity index (χ2n) is 6.20. The van der Waals surface area contributed by atoms with Gasteiger partial charge in [0.15, 0.2) is 0 Å². The molecule has 0 aliphatic heterocycles. The van der Waals surface area contributed by atoms with Crippen LogP contribution in [-0.2, 0) is 16.0 Å². The Kier molecular flexibility index (Phi) is 4.56. The fourth-order valence-electron chi connectivity index (χ4n) is 2.50. The van der Waals surface area contributed by atoms with Crippen molar-refractivity contribution in [2.75, 3.05) is 0 Å². The number of carbonyl (C=O) groups is 1. The summed E-state index contributed by atoms with van der Waals surface area (Å²) in [5.74, 6) is -0.114. The van der Waals surface area contributed by atoms with E-state index >= 15 is 0 Å². The van der Waals surface area contributed by atoms with Crippen molar-refractivity contribution in [1.82, 2.24) is 0 Å². The lowest BCUT2D eigenvalue weighted by molar-refractivity contribution is -0.150. The van der Waals surface area contributed by atoms with Crippen LogP contribution < -0.4 is 0 Å². The second kappa shape index (κ2) is 6.00. The molecular formula is C16H22O2S. The van der Waals surface area contributed by atoms with Gasteiger partial charge in [-0.15, -0.1) is 12.6 Å². The molecule has 0 radical (unpaired) electrons. The molecule has 0 spiro atoms. The molecular weight excluding hydrogens is 256 g/mol. The number of thiol groups is 1. The van der Waals surface area contributed by atoms with Crippen LogP contribution in [0.15, 0.2) is 29.2 Å². The molecule has 1 aromatic rings. The van der Waals surface area contributed by atoms with Gasteiger partial charge in [-0.1, -0.05) is 26.0 Å². The maximum absolute atomic E-state index is 11.9. The number of hydrogen-bond acceptors (Lipinski definition) is 3. The van der Waals surface area contributed by atoms with Gasteiger partial charge in [-0.2, -0.15) is 0 Å². The van der Waals surface area contributed by atoms with Crippen LogP contribution in [0.2, 0.25) is 0 Å². The van der Waals surface area contributed by atoms with Gasteiger partial charge in [-0.3, -0.25) is 4.79 Å². The van der Waals surface area contributed by atoms with Crippen LogP contribution in [0, 0.1) is 5.41 Å². The van der Waals surface area contributed by atoms with Gasteiger partial charge >= 0.3 is 5.97 Å². The molecule has 1 aliphatic carbocycles. The number of hydrogen-bond donors (Lipinski definition) is 1. The van der Waals surface area contributed by atoms with Gasteiger partial charge in [-0.05, 0) is 48.8 Å². The molecule has 0 heterocycles. The van der Waals surface area contributed by atoms with Crippen LogP contribution in [-0.4, -0.2) is 12.1 Å². The van der Waals surface area contributed by atoms with E-state index in [4.69, 9.17) is 4.74 Å². The molecule has 3 heteroatoms. The Balaban J connectivity index is 1.80. The van der Waals surface area contributed by atoms with Crippen LogP contribution in [0.25, 0.3) is 0 Å². The second-order valence-corrected chi connectivity index (χ2v) is 6.71. The average molecular weight is 278 g/mol. The predicted molar refractivity (Wildman–Crippen MR) is 79.5 cm³/mol. The summed E-state index contributed by atoms with van der Waals surface area (Å²) in [5, 5.41) is 0. The molecule has 1 aliphatic rings. The minimum Gasteiger partial charge on any atom is -0.462 e. The van der Waals surface area contributed by atoms with Gasteiger partial charge in [-0.25, -0.2) is 0 Å². The summed E-state index contributed by atoms with van der Waals surface area (Å²) < 4.78 is 5.56. The molecule has 0 atom stereocenters. The van der Waals surface area contributed by atoms with Crippen molar-refractivity contribution in [2.45, 2.75) is 57.0 Å². The van der Waals surface area contributed by atoms with Gasteiger partial charge in [0, 0.05) is 4.90 Å². The number of benzene rings is 1. The maximum Gasteiger partial charge on any atom is 0.310 e. The average Bonchev–Trinajstić information content (AvgIpc) is 2.35. The summed E-state index contributed by atoms with van der Waals surface area (Å²) in [6, 6.07) is 7.64. The largest absolute Gasteiger partial charge is 0.462 e. The van der Waals surface area contributed by atoms with E-state index in [0.717, 1.165) is 36.1 Å². The number of rotatable bonds is 3. The standard InChI is InChI=1S/C16H22O2S/c1-16(2)9-7-13(8-10-16)18-15(17)11-12-3-5-14(19)6-4-12/h3-6,13,19H,7-11H2,1-2H3. The quantitative estimate of drug-likeness (QED) is 0.667. The van der Waals surface area contributed by atoms with Crippen LogP contribution >= 0.6 is 12.6 Å². The van der Waals surface area contributed by atoms with Gasteiger partial charge < -0.3 is 4.74 Å². The van der Waals surface area contributed by atoms with Crippen LogP contribution in [0.5, 0.6) is 0 Å². The van der Waals surface area contributed by atoms with Gasteiger partial charge in [0.2, 0.25) is 0 Å². The Morgan fingerprint density at radius 3 is 2.42 bits per heavy atom. The van der Waals surface area contributed by atoms with Gasteiger partial charge in [0.05, 0.1) is 6.42 Å². The third-order valence-corrected chi connectivity index (χ3v) is 4.17. The Bertz CT molecular complexity index is 427. The molecule has 0 N–H and O–H groups in total. The molecule has 1 fully saturated rings. The van der Waals surface area contributed by atoms with E-state index in [1.807, 2.05) is 24.3 Å². The molecule has 2 rings (SSSR count). The minimum atomic E-state index is -0.114. The Hall–Kier alpha value is -0.960. The van der Waals surface area contributed by atoms with E-state index in [-0.39, 0.29) is 12.1 Å². The maximum atomic E-state index is 11.9. The molecule has 19 heavy (non-hydrogen) atoms. The summed E-state index contributed by atoms with van der Waals surface area (Å²) in [6.07, 6.45) is 4.74. The van der Waals surface area contributed by atoms with E-state index in [0.29, 0.717) is 11.8 Å². The molecule has 0 unspecified atom stereocenters. The molecule has 0 bridgehead atoms. The van der Waals surface area contributed by atoms with E-state index in [1.165, 1.54) is 0 Å². The summed E-state index contributed by atoms with van der Waals surface area (Å²) in [7, 11) is 0. The van der Waals surface area contributed by atoms with E-state index in [1.54, 1.807) is 0 Å². The Morgan fingerprint density at radius 2 is 1.84 bits per heavy atom. The molecule has 0 amide bonds. The van der Waals surface area contributed by atoms with Crippen LogP contribution in [0.3, 0.4) is 0 Å². The molecule has 2 nitrogen and oxygen atoms in total. The monoisotopic (exact) mass is 278 g/mol. The van der Waals surface area contributed by atoms with Crippen molar-refractivity contribution in [1.29, 1.82) is 0 Å². The number of esters is 1. The smallest absolute Gasteiger partial charge is 0.310 e. The highest BCUT2D eigenvalue weighted by Crippen LogP contribution is 2.36. The SMILES string of the molecule is CC1(C)CCC(OC(=O)Cc2ccc(S)cc2)CC1. The van der Waals surface area contributed by atoms with Crippen molar-refractivity contribution < 1.29 is 9.53 Å². The summed E-state index contributed by atoms with van der Waals surface area (Å²) in [6.45, 7) is 4.56. The van der Waals surface area contributed by atoms with Crippen molar-refractivity contribution in [3.05, 3.63) is 29.8 Å². The first kappa shape index (κ1) is 14.4. The zero-order valence-electron chi connectivity index (χ0n) is 11.7. The molecule has 1 aromatic carbocycles. The van der Waals surface area contributed by atoms with Crippen molar-refractivity contribution in [3.63, 3.8) is 0 Å². The third kappa shape index (κ3) is 4.57. The Labute approximate surface area is 121 Å². The van der Waals surface area contributed by atoms with Crippen molar-refractivity contribution in [2.24, 2.45) is 5.41 Å². The normalized spacial score (nSPS) is 19.1. The molecule has 0 aromatic heterocycles. The Morgan fingerprint density at radius 1 is 1.26 bits per heavy atom. The fraction of sp³-hybridized carbons (Fsp3) is 0.562. The first-order valence-corrected chi connectivity index (χ1v) is 7.37. The highest BCUT2D eigenvalue weighted by molar-refractivity contribution is 7.80. The highest BCUT2D eigenvalue weighted by atomic mass is 32.1. The molecule has 104 valence electrons. The fourth-order valence-corrected chi connectivity index (χ4v) is 2.65. The number of carbonyl (C=O) groups excluding carboxylic acids is 1.